The molecule has 4 N–H and O–H groups in total. The fourth-order valence-electron chi connectivity index (χ4n) is 1.80. The highest BCUT2D eigenvalue weighted by atomic mass is 127. The molecule has 0 heterocycles. The Labute approximate surface area is 202 Å². The van der Waals surface area contributed by atoms with Crippen LogP contribution in [0, 0.1) is 0 Å². The number of carbonyl (C=O) groups is 1. The molecule has 2 aromatic carbocycles. The number of ether oxygens (including phenoxy) is 1. The summed E-state index contributed by atoms with van der Waals surface area (Å²) in [7, 11) is -4.67. The van der Waals surface area contributed by atoms with Crippen molar-refractivity contribution in [3.63, 3.8) is 0 Å². The van der Waals surface area contributed by atoms with Crippen molar-refractivity contribution in [3.8, 4) is 17.2 Å². The van der Waals surface area contributed by atoms with Gasteiger partial charge in [-0.15, -0.1) is 0 Å². The zero-order valence-electron chi connectivity index (χ0n) is 13.7. The Kier molecular flexibility index (Phi) is 10.1. The summed E-state index contributed by atoms with van der Waals surface area (Å²) >= 11 is 5.89. The van der Waals surface area contributed by atoms with E-state index in [2.05, 4.69) is 0 Å². The van der Waals surface area contributed by atoms with Crippen molar-refractivity contribution in [1.29, 1.82) is 0 Å². The molecule has 0 aromatic heterocycles. The number of phenols is 1. The van der Waals surface area contributed by atoms with E-state index in [0.29, 0.717) is 17.9 Å². The van der Waals surface area contributed by atoms with Crippen LogP contribution in [0.2, 0.25) is 0 Å². The second-order valence-electron chi connectivity index (χ2n) is 5.16. The SMILES string of the molecule is O=C(O)[C@](I)(Cc1ccc(Oc2ccc(O)cc2)cc1)N(I)I.O=S(=O)(O)O. The summed E-state index contributed by atoms with van der Waals surface area (Å²) in [6, 6.07) is 13.7. The maximum Gasteiger partial charge on any atom is 0.394 e. The molecule has 0 bridgehead atoms. The number of phenolic OH excluding ortho intramolecular Hbond substituents is 1. The number of carboxylic acids is 1. The van der Waals surface area contributed by atoms with E-state index in [-0.39, 0.29) is 5.75 Å². The van der Waals surface area contributed by atoms with Crippen molar-refractivity contribution in [3.05, 3.63) is 54.1 Å². The molecule has 0 radical (unpaired) electrons. The van der Waals surface area contributed by atoms with Crippen molar-refractivity contribution in [1.82, 2.24) is 1.33 Å². The Hall–Kier alpha value is -0.470. The molecule has 0 saturated carbocycles. The number of hydrogen-bond acceptors (Lipinski definition) is 6. The number of aromatic hydroxyl groups is 1. The van der Waals surface area contributed by atoms with Crippen LogP contribution >= 0.6 is 68.3 Å². The molecular weight excluding hydrogens is 735 g/mol. The summed E-state index contributed by atoms with van der Waals surface area (Å²) in [5, 5.41) is 18.7. The topological polar surface area (TPSA) is 145 Å². The standard InChI is InChI=1S/C15H12I3NO4.H2O4S/c16-15(14(21)22,19(17)18)9-10-1-5-12(6-2-10)23-13-7-3-11(20)4-8-13;1-5(2,3)4/h1-8,20H,9H2,(H,21,22);(H2,1,2,3,4)/t15-;/m0./s1. The van der Waals surface area contributed by atoms with Crippen molar-refractivity contribution in [2.24, 2.45) is 0 Å². The zero-order valence-corrected chi connectivity index (χ0v) is 21.0. The summed E-state index contributed by atoms with van der Waals surface area (Å²) in [5.41, 5.74) is 0.901. The van der Waals surface area contributed by atoms with Gasteiger partial charge in [0.15, 0.2) is 3.55 Å². The number of rotatable bonds is 6. The molecule has 0 saturated heterocycles. The average Bonchev–Trinajstić information content (AvgIpc) is 2.57. The predicted molar refractivity (Wildman–Crippen MR) is 127 cm³/mol. The molecule has 0 spiro atoms. The van der Waals surface area contributed by atoms with Crippen molar-refractivity contribution >= 4 is 84.7 Å². The molecule has 0 aliphatic carbocycles. The van der Waals surface area contributed by atoms with Crippen LogP contribution in [0.5, 0.6) is 17.2 Å². The van der Waals surface area contributed by atoms with Crippen LogP contribution in [0.4, 0.5) is 0 Å². The summed E-state index contributed by atoms with van der Waals surface area (Å²) in [5.74, 6) is 0.567. The molecular formula is C15H14I3NO8S. The Balaban J connectivity index is 0.000000696. The number of hydrogen-bond donors (Lipinski definition) is 4. The molecule has 2 aromatic rings. The van der Waals surface area contributed by atoms with Gasteiger partial charge in [0.2, 0.25) is 0 Å². The fraction of sp³-hybridized carbons (Fsp3) is 0.133. The lowest BCUT2D eigenvalue weighted by Gasteiger charge is -2.26. The lowest BCUT2D eigenvalue weighted by molar-refractivity contribution is -0.140. The third kappa shape index (κ3) is 9.35. The summed E-state index contributed by atoms with van der Waals surface area (Å²) in [6.07, 6.45) is 0.369. The smallest absolute Gasteiger partial charge is 0.394 e. The molecule has 9 nitrogen and oxygen atoms in total. The van der Waals surface area contributed by atoms with Gasteiger partial charge in [-0.1, -0.05) is 12.1 Å². The normalized spacial score (nSPS) is 13.2. The van der Waals surface area contributed by atoms with E-state index in [0.717, 1.165) is 5.56 Å². The van der Waals surface area contributed by atoms with Crippen LogP contribution < -0.4 is 4.74 Å². The number of aliphatic carboxylic acids is 1. The molecule has 154 valence electrons. The van der Waals surface area contributed by atoms with E-state index >= 15 is 0 Å². The Bertz CT molecular complexity index is 883. The second kappa shape index (κ2) is 11.1. The molecule has 0 aliphatic rings. The van der Waals surface area contributed by atoms with Crippen molar-refractivity contribution < 1.29 is 37.3 Å². The van der Waals surface area contributed by atoms with Gasteiger partial charge in [0.25, 0.3) is 0 Å². The van der Waals surface area contributed by atoms with Crippen molar-refractivity contribution in [2.45, 2.75) is 9.97 Å². The van der Waals surface area contributed by atoms with E-state index in [1.807, 2.05) is 80.5 Å². The molecule has 28 heavy (non-hydrogen) atoms. The van der Waals surface area contributed by atoms with Gasteiger partial charge in [-0.2, -0.15) is 9.74 Å². The first-order valence-electron chi connectivity index (χ1n) is 7.11. The van der Waals surface area contributed by atoms with Gasteiger partial charge in [0.05, 0.1) is 0 Å². The van der Waals surface area contributed by atoms with Gasteiger partial charge >= 0.3 is 16.4 Å². The third-order valence-electron chi connectivity index (χ3n) is 3.03. The highest BCUT2D eigenvalue weighted by Crippen LogP contribution is 2.35. The lowest BCUT2D eigenvalue weighted by atomic mass is 10.1. The van der Waals surface area contributed by atoms with E-state index in [9.17, 15) is 15.0 Å². The molecule has 1 atom stereocenters. The first-order valence-corrected chi connectivity index (χ1v) is 11.5. The summed E-state index contributed by atoms with van der Waals surface area (Å²) in [4.78, 5) is 11.5. The predicted octanol–water partition coefficient (Wildman–Crippen LogP) is 4.29. The van der Waals surface area contributed by atoms with E-state index in [1.165, 1.54) is 0 Å². The monoisotopic (exact) mass is 749 g/mol. The third-order valence-corrected chi connectivity index (χ3v) is 7.85. The maximum atomic E-state index is 11.5. The first kappa shape index (κ1) is 25.6. The average molecular weight is 749 g/mol. The van der Waals surface area contributed by atoms with Gasteiger partial charge in [0.1, 0.15) is 17.2 Å². The Morgan fingerprint density at radius 2 is 1.39 bits per heavy atom. The molecule has 2 rings (SSSR count). The van der Waals surface area contributed by atoms with Crippen LogP contribution in [-0.2, 0) is 21.6 Å². The van der Waals surface area contributed by atoms with Crippen LogP contribution in [-0.4, -0.2) is 38.6 Å². The van der Waals surface area contributed by atoms with Gasteiger partial charge in [-0.3, -0.25) is 9.11 Å². The number of alkyl halides is 1. The molecule has 0 unspecified atom stereocenters. The van der Waals surface area contributed by atoms with Crippen LogP contribution in [0.15, 0.2) is 48.5 Å². The number of halogens is 3. The Morgan fingerprint density at radius 1 is 1.00 bits per heavy atom. The number of carboxylic acid groups (broad SMARTS) is 1. The van der Waals surface area contributed by atoms with E-state index in [1.54, 1.807) is 37.7 Å². The van der Waals surface area contributed by atoms with Crippen LogP contribution in [0.3, 0.4) is 0 Å². The molecule has 13 heteroatoms. The quantitative estimate of drug-likeness (QED) is 0.112. The largest absolute Gasteiger partial charge is 0.508 e. The van der Waals surface area contributed by atoms with Gasteiger partial charge in [0, 0.05) is 52.1 Å². The molecule has 0 fully saturated rings. The van der Waals surface area contributed by atoms with Crippen LogP contribution in [0.25, 0.3) is 0 Å². The van der Waals surface area contributed by atoms with Gasteiger partial charge < -0.3 is 14.9 Å². The second-order valence-corrected chi connectivity index (χ2v) is 11.6. The molecule has 0 amide bonds. The van der Waals surface area contributed by atoms with E-state index in [4.69, 9.17) is 22.3 Å². The van der Waals surface area contributed by atoms with Gasteiger partial charge in [-0.25, -0.2) is 4.79 Å². The minimum absolute atomic E-state index is 0.182. The molecule has 0 aliphatic heterocycles. The minimum atomic E-state index is -4.67. The summed E-state index contributed by atoms with van der Waals surface area (Å²) in [6.45, 7) is 0. The highest BCUT2D eigenvalue weighted by Gasteiger charge is 2.40. The Morgan fingerprint density at radius 3 is 1.75 bits per heavy atom. The highest BCUT2D eigenvalue weighted by molar-refractivity contribution is 14.2. The van der Waals surface area contributed by atoms with E-state index < -0.39 is 19.9 Å². The minimum Gasteiger partial charge on any atom is -0.508 e. The van der Waals surface area contributed by atoms with Crippen molar-refractivity contribution in [2.75, 3.05) is 0 Å². The first-order chi connectivity index (χ1) is 12.8. The van der Waals surface area contributed by atoms with Gasteiger partial charge in [-0.05, 0) is 64.6 Å². The number of benzene rings is 2. The number of nitrogens with zero attached hydrogens (tertiary/aromatic N) is 1. The zero-order chi connectivity index (χ0) is 21.5. The lowest BCUT2D eigenvalue weighted by Crippen LogP contribution is -2.41. The maximum absolute atomic E-state index is 11.5. The fourth-order valence-corrected chi connectivity index (χ4v) is 3.00. The van der Waals surface area contributed by atoms with Crippen LogP contribution in [0.1, 0.15) is 5.56 Å². The summed E-state index contributed by atoms with van der Waals surface area (Å²) < 4.78 is 37.9.